The molecule has 7 nitrogen and oxygen atoms in total. The van der Waals surface area contributed by atoms with Gasteiger partial charge in [0.1, 0.15) is 6.54 Å². The van der Waals surface area contributed by atoms with E-state index in [-0.39, 0.29) is 18.4 Å². The second-order valence-corrected chi connectivity index (χ2v) is 8.51. The zero-order valence-corrected chi connectivity index (χ0v) is 20.0. The van der Waals surface area contributed by atoms with E-state index in [1.165, 1.54) is 0 Å². The Morgan fingerprint density at radius 1 is 1.09 bits per heavy atom. The van der Waals surface area contributed by atoms with Crippen LogP contribution in [0.1, 0.15) is 21.5 Å². The Hall–Kier alpha value is -2.92. The predicted octanol–water partition coefficient (Wildman–Crippen LogP) is 3.47. The molecule has 3 rings (SSSR count). The average molecular weight is 544 g/mol. The molecule has 2 N–H and O–H groups in total. The molecule has 0 aliphatic carbocycles. The molecule has 1 fully saturated rings. The molecular formula is C23H25BrF3N3O4. The largest absolute Gasteiger partial charge is 0.490 e. The molecule has 2 aromatic carbocycles. The highest BCUT2D eigenvalue weighted by molar-refractivity contribution is 9.10. The van der Waals surface area contributed by atoms with Gasteiger partial charge in [-0.1, -0.05) is 51.8 Å². The lowest BCUT2D eigenvalue weighted by Crippen LogP contribution is -2.50. The van der Waals surface area contributed by atoms with Gasteiger partial charge in [0.2, 0.25) is 5.91 Å². The van der Waals surface area contributed by atoms with Gasteiger partial charge in [-0.15, -0.1) is 0 Å². The average Bonchev–Trinajstić information content (AvgIpc) is 2.78. The van der Waals surface area contributed by atoms with Gasteiger partial charge in [0.05, 0.1) is 0 Å². The highest BCUT2D eigenvalue weighted by Gasteiger charge is 2.38. The molecule has 1 heterocycles. The number of carbonyl (C=O) groups is 3. The van der Waals surface area contributed by atoms with Crippen LogP contribution < -0.4 is 5.32 Å². The number of rotatable bonds is 5. The van der Waals surface area contributed by atoms with Gasteiger partial charge in [-0.25, -0.2) is 4.79 Å². The number of carboxylic acid groups (broad SMARTS) is 1. The fourth-order valence-corrected chi connectivity index (χ4v) is 3.61. The van der Waals surface area contributed by atoms with Crippen LogP contribution in [0.4, 0.5) is 13.2 Å². The molecule has 1 saturated heterocycles. The third-order valence-electron chi connectivity index (χ3n) is 4.85. The quantitative estimate of drug-likeness (QED) is 0.602. The SMILES string of the molecule is Cc1cccc(CN(CC(=O)N2CCNCC2)C(=O)c2cccc(Br)c2)c1.O=C(O)C(F)(F)F. The minimum absolute atomic E-state index is 0.00694. The van der Waals surface area contributed by atoms with Crippen LogP contribution in [0, 0.1) is 6.92 Å². The second kappa shape index (κ2) is 12.5. The Bertz CT molecular complexity index is 1010. The highest BCUT2D eigenvalue weighted by Crippen LogP contribution is 2.16. The first kappa shape index (κ1) is 27.3. The highest BCUT2D eigenvalue weighted by atomic mass is 79.9. The van der Waals surface area contributed by atoms with Crippen molar-refractivity contribution in [2.75, 3.05) is 32.7 Å². The van der Waals surface area contributed by atoms with E-state index in [2.05, 4.69) is 27.3 Å². The van der Waals surface area contributed by atoms with Crippen molar-refractivity contribution in [3.05, 3.63) is 69.7 Å². The number of aryl methyl sites for hydroxylation is 1. The first-order valence-corrected chi connectivity index (χ1v) is 11.2. The molecule has 1 aliphatic heterocycles. The number of carbonyl (C=O) groups excluding carboxylic acids is 2. The lowest BCUT2D eigenvalue weighted by molar-refractivity contribution is -0.192. The third-order valence-corrected chi connectivity index (χ3v) is 5.35. The minimum atomic E-state index is -5.08. The Morgan fingerprint density at radius 3 is 2.26 bits per heavy atom. The van der Waals surface area contributed by atoms with Gasteiger partial charge in [0, 0.05) is 42.8 Å². The summed E-state index contributed by atoms with van der Waals surface area (Å²) in [5.41, 5.74) is 2.73. The van der Waals surface area contributed by atoms with Gasteiger partial charge in [-0.2, -0.15) is 13.2 Å². The maximum atomic E-state index is 13.1. The Kier molecular flexibility index (Phi) is 10.1. The molecule has 0 radical (unpaired) electrons. The number of benzene rings is 2. The fourth-order valence-electron chi connectivity index (χ4n) is 3.21. The van der Waals surface area contributed by atoms with Crippen LogP contribution in [0.25, 0.3) is 0 Å². The van der Waals surface area contributed by atoms with Gasteiger partial charge in [0.15, 0.2) is 0 Å². The topological polar surface area (TPSA) is 90.0 Å². The van der Waals surface area contributed by atoms with Gasteiger partial charge in [0.25, 0.3) is 5.91 Å². The van der Waals surface area contributed by atoms with Crippen molar-refractivity contribution in [1.29, 1.82) is 0 Å². The molecule has 0 spiro atoms. The smallest absolute Gasteiger partial charge is 0.475 e. The van der Waals surface area contributed by atoms with Crippen LogP contribution in [0.5, 0.6) is 0 Å². The van der Waals surface area contributed by atoms with Crippen molar-refractivity contribution in [2.24, 2.45) is 0 Å². The van der Waals surface area contributed by atoms with Gasteiger partial charge in [-0.05, 0) is 30.7 Å². The summed E-state index contributed by atoms with van der Waals surface area (Å²) in [5, 5.41) is 10.4. The van der Waals surface area contributed by atoms with E-state index >= 15 is 0 Å². The number of nitrogens with one attached hydrogen (secondary N) is 1. The van der Waals surface area contributed by atoms with Crippen molar-refractivity contribution >= 4 is 33.7 Å². The zero-order valence-electron chi connectivity index (χ0n) is 18.4. The number of hydrogen-bond acceptors (Lipinski definition) is 4. The zero-order chi connectivity index (χ0) is 25.3. The van der Waals surface area contributed by atoms with Crippen LogP contribution in [-0.4, -0.2) is 71.6 Å². The maximum absolute atomic E-state index is 13.1. The summed E-state index contributed by atoms with van der Waals surface area (Å²) in [6, 6.07) is 15.3. The monoisotopic (exact) mass is 543 g/mol. The van der Waals surface area contributed by atoms with E-state index < -0.39 is 12.1 Å². The summed E-state index contributed by atoms with van der Waals surface area (Å²) < 4.78 is 32.6. The third kappa shape index (κ3) is 8.79. The summed E-state index contributed by atoms with van der Waals surface area (Å²) in [6.07, 6.45) is -5.08. The normalized spacial score (nSPS) is 13.5. The maximum Gasteiger partial charge on any atom is 0.490 e. The number of carboxylic acids is 1. The summed E-state index contributed by atoms with van der Waals surface area (Å²) in [6.45, 7) is 5.47. The molecule has 0 unspecified atom stereocenters. The van der Waals surface area contributed by atoms with E-state index in [9.17, 15) is 22.8 Å². The van der Waals surface area contributed by atoms with Crippen LogP contribution >= 0.6 is 15.9 Å². The lowest BCUT2D eigenvalue weighted by Gasteiger charge is -2.30. The Morgan fingerprint density at radius 2 is 1.71 bits per heavy atom. The summed E-state index contributed by atoms with van der Waals surface area (Å²) >= 11 is 3.42. The van der Waals surface area contributed by atoms with E-state index in [0.717, 1.165) is 28.7 Å². The first-order chi connectivity index (χ1) is 16.0. The number of alkyl halides is 3. The number of amides is 2. The summed E-state index contributed by atoms with van der Waals surface area (Å²) in [7, 11) is 0. The van der Waals surface area contributed by atoms with Crippen molar-refractivity contribution in [2.45, 2.75) is 19.6 Å². The lowest BCUT2D eigenvalue weighted by atomic mass is 10.1. The molecule has 2 aromatic rings. The van der Waals surface area contributed by atoms with E-state index in [1.54, 1.807) is 17.0 Å². The molecule has 0 atom stereocenters. The fraction of sp³-hybridized carbons (Fsp3) is 0.348. The van der Waals surface area contributed by atoms with Crippen molar-refractivity contribution in [3.8, 4) is 0 Å². The minimum Gasteiger partial charge on any atom is -0.475 e. The molecule has 1 aliphatic rings. The van der Waals surface area contributed by atoms with Crippen LogP contribution in [0.15, 0.2) is 53.0 Å². The molecule has 0 bridgehead atoms. The van der Waals surface area contributed by atoms with Gasteiger partial charge < -0.3 is 20.2 Å². The van der Waals surface area contributed by atoms with E-state index in [4.69, 9.17) is 9.90 Å². The van der Waals surface area contributed by atoms with E-state index in [0.29, 0.717) is 25.2 Å². The molecular weight excluding hydrogens is 519 g/mol. The van der Waals surface area contributed by atoms with Gasteiger partial charge >= 0.3 is 12.1 Å². The predicted molar refractivity (Wildman–Crippen MR) is 123 cm³/mol. The number of halogens is 4. The molecule has 184 valence electrons. The molecule has 34 heavy (non-hydrogen) atoms. The van der Waals surface area contributed by atoms with Crippen molar-refractivity contribution < 1.29 is 32.7 Å². The number of aliphatic carboxylic acids is 1. The van der Waals surface area contributed by atoms with E-state index in [1.807, 2.05) is 42.2 Å². The summed E-state index contributed by atoms with van der Waals surface area (Å²) in [4.78, 5) is 38.3. The number of nitrogens with zero attached hydrogens (tertiary/aromatic N) is 2. The van der Waals surface area contributed by atoms with Crippen LogP contribution in [-0.2, 0) is 16.1 Å². The molecule has 0 aromatic heterocycles. The van der Waals surface area contributed by atoms with Crippen molar-refractivity contribution in [1.82, 2.24) is 15.1 Å². The summed E-state index contributed by atoms with van der Waals surface area (Å²) in [5.74, 6) is -2.90. The standard InChI is InChI=1S/C21H24BrN3O2.C2HF3O2/c1-16-4-2-5-17(12-16)14-25(15-20(26)24-10-8-23-9-11-24)21(27)18-6-3-7-19(22)13-18;3-2(4,5)1(6)7/h2-7,12-13,23H,8-11,14-15H2,1H3;(H,6,7). The Balaban J connectivity index is 0.000000509. The Labute approximate surface area is 203 Å². The molecule has 11 heteroatoms. The molecule has 2 amide bonds. The first-order valence-electron chi connectivity index (χ1n) is 10.4. The van der Waals surface area contributed by atoms with Crippen LogP contribution in [0.3, 0.4) is 0 Å². The second-order valence-electron chi connectivity index (χ2n) is 7.59. The molecule has 0 saturated carbocycles. The van der Waals surface area contributed by atoms with Crippen LogP contribution in [0.2, 0.25) is 0 Å². The number of piperazine rings is 1. The van der Waals surface area contributed by atoms with Crippen molar-refractivity contribution in [3.63, 3.8) is 0 Å². The number of hydrogen-bond donors (Lipinski definition) is 2. The van der Waals surface area contributed by atoms with Gasteiger partial charge in [-0.3, -0.25) is 9.59 Å².